The molecular weight excluding hydrogens is 454 g/mol. The molecule has 1 atom stereocenters. The molecule has 0 radical (unpaired) electrons. The number of esters is 2. The fourth-order valence-corrected chi connectivity index (χ4v) is 5.77. The lowest BCUT2D eigenvalue weighted by Gasteiger charge is -2.34. The first-order chi connectivity index (χ1) is 15.4. The van der Waals surface area contributed by atoms with Gasteiger partial charge in [0, 0.05) is 17.3 Å². The second-order valence-electron chi connectivity index (χ2n) is 7.56. The second-order valence-corrected chi connectivity index (χ2v) is 10.1. The van der Waals surface area contributed by atoms with Crippen molar-refractivity contribution < 1.29 is 27.5 Å². The Morgan fingerprint density at radius 1 is 1.06 bits per heavy atom. The van der Waals surface area contributed by atoms with Gasteiger partial charge in [-0.05, 0) is 43.0 Å². The predicted molar refractivity (Wildman–Crippen MR) is 121 cm³/mol. The molecule has 3 rings (SSSR count). The van der Waals surface area contributed by atoms with Gasteiger partial charge in [0.25, 0.3) is 10.0 Å². The molecule has 32 heavy (non-hydrogen) atoms. The Kier molecular flexibility index (Phi) is 8.08. The highest BCUT2D eigenvalue weighted by molar-refractivity contribution is 7.93. The Morgan fingerprint density at radius 2 is 1.69 bits per heavy atom. The van der Waals surface area contributed by atoms with E-state index in [1.165, 1.54) is 43.9 Å². The van der Waals surface area contributed by atoms with E-state index in [2.05, 4.69) is 15.0 Å². The van der Waals surface area contributed by atoms with Crippen molar-refractivity contribution >= 4 is 44.1 Å². The number of ether oxygens (including phenoxy) is 2. The van der Waals surface area contributed by atoms with E-state index in [0.717, 1.165) is 32.1 Å². The summed E-state index contributed by atoms with van der Waals surface area (Å²) in [4.78, 5) is 28.9. The zero-order valence-corrected chi connectivity index (χ0v) is 19.6. The number of hydrogen-bond donors (Lipinski definition) is 2. The van der Waals surface area contributed by atoms with Crippen molar-refractivity contribution in [2.45, 2.75) is 43.0 Å². The van der Waals surface area contributed by atoms with Gasteiger partial charge >= 0.3 is 11.9 Å². The maximum atomic E-state index is 12.6. The molecule has 1 aliphatic carbocycles. The summed E-state index contributed by atoms with van der Waals surface area (Å²) in [7, 11) is -1.30. The smallest absolute Gasteiger partial charge is 0.322 e. The number of sulfonamides is 1. The van der Waals surface area contributed by atoms with Crippen LogP contribution in [0.15, 0.2) is 40.7 Å². The minimum atomic E-state index is -3.78. The summed E-state index contributed by atoms with van der Waals surface area (Å²) in [6, 6.07) is 5.60. The highest BCUT2D eigenvalue weighted by atomic mass is 32.2. The van der Waals surface area contributed by atoms with Gasteiger partial charge in [-0.1, -0.05) is 19.3 Å². The lowest BCUT2D eigenvalue weighted by Crippen LogP contribution is -2.46. The highest BCUT2D eigenvalue weighted by Crippen LogP contribution is 2.33. The molecule has 174 valence electrons. The van der Waals surface area contributed by atoms with Gasteiger partial charge in [0.15, 0.2) is 11.0 Å². The van der Waals surface area contributed by atoms with Crippen LogP contribution in [0, 0.1) is 11.8 Å². The predicted octanol–water partition coefficient (Wildman–Crippen LogP) is 3.27. The molecule has 0 aliphatic heterocycles. The van der Waals surface area contributed by atoms with Crippen LogP contribution in [0.4, 0.5) is 10.8 Å². The van der Waals surface area contributed by atoms with Crippen LogP contribution in [0.1, 0.15) is 32.1 Å². The van der Waals surface area contributed by atoms with Crippen LogP contribution < -0.4 is 10.0 Å². The van der Waals surface area contributed by atoms with E-state index in [9.17, 15) is 18.0 Å². The van der Waals surface area contributed by atoms with E-state index >= 15 is 0 Å². The Hall–Kier alpha value is -2.66. The average Bonchev–Trinajstić information content (AvgIpc) is 3.31. The number of benzene rings is 1. The number of anilines is 2. The molecule has 1 unspecified atom stereocenters. The molecule has 11 heteroatoms. The third kappa shape index (κ3) is 5.77. The standard InChI is InChI=1S/C21H27N3O6S2/c1-29-19(25)17(20(26)30-2)18(14-6-4-3-5-7-14)23-15-8-10-16(11-9-15)32(27,28)24-21-22-12-13-31-21/h8-14,17-18,23H,3-7H2,1-2H3,(H,22,24). The summed E-state index contributed by atoms with van der Waals surface area (Å²) >= 11 is 1.18. The van der Waals surface area contributed by atoms with Crippen molar-refractivity contribution in [1.82, 2.24) is 4.98 Å². The molecule has 1 aliphatic rings. The van der Waals surface area contributed by atoms with Gasteiger partial charge in [-0.15, -0.1) is 11.3 Å². The summed E-state index contributed by atoms with van der Waals surface area (Å²) in [5, 5.41) is 5.23. The third-order valence-corrected chi connectivity index (χ3v) is 7.75. The van der Waals surface area contributed by atoms with Crippen molar-refractivity contribution in [2.75, 3.05) is 24.3 Å². The molecule has 1 fully saturated rings. The zero-order valence-electron chi connectivity index (χ0n) is 17.9. The monoisotopic (exact) mass is 481 g/mol. The van der Waals surface area contributed by atoms with Gasteiger partial charge < -0.3 is 14.8 Å². The maximum absolute atomic E-state index is 12.6. The molecule has 2 N–H and O–H groups in total. The van der Waals surface area contributed by atoms with E-state index in [4.69, 9.17) is 9.47 Å². The van der Waals surface area contributed by atoms with Gasteiger partial charge in [-0.2, -0.15) is 0 Å². The van der Waals surface area contributed by atoms with Crippen LogP contribution in [-0.2, 0) is 29.1 Å². The largest absolute Gasteiger partial charge is 0.468 e. The van der Waals surface area contributed by atoms with E-state index in [1.54, 1.807) is 17.5 Å². The SMILES string of the molecule is COC(=O)C(C(=O)OC)C(Nc1ccc(S(=O)(=O)Nc2nccs2)cc1)C1CCCCC1. The fourth-order valence-electron chi connectivity index (χ4n) is 3.98. The number of rotatable bonds is 9. The molecule has 0 spiro atoms. The Balaban J connectivity index is 1.83. The molecule has 0 saturated heterocycles. The Labute approximate surface area is 191 Å². The van der Waals surface area contributed by atoms with Gasteiger partial charge in [0.05, 0.1) is 25.2 Å². The first kappa shape index (κ1) is 24.0. The van der Waals surface area contributed by atoms with E-state index in [-0.39, 0.29) is 15.9 Å². The topological polar surface area (TPSA) is 124 Å². The summed E-state index contributed by atoms with van der Waals surface area (Å²) in [6.45, 7) is 0. The molecule has 0 bridgehead atoms. The number of nitrogens with one attached hydrogen (secondary N) is 2. The highest BCUT2D eigenvalue weighted by Gasteiger charge is 2.41. The fraction of sp³-hybridized carbons (Fsp3) is 0.476. The zero-order chi connectivity index (χ0) is 23.1. The Bertz CT molecular complexity index is 987. The normalized spacial score (nSPS) is 15.7. The van der Waals surface area contributed by atoms with Crippen molar-refractivity contribution in [3.05, 3.63) is 35.8 Å². The number of carbonyl (C=O) groups excluding carboxylic acids is 2. The quantitative estimate of drug-likeness (QED) is 0.413. The average molecular weight is 482 g/mol. The van der Waals surface area contributed by atoms with Crippen molar-refractivity contribution in [3.8, 4) is 0 Å². The van der Waals surface area contributed by atoms with Gasteiger partial charge in [0.1, 0.15) is 0 Å². The minimum absolute atomic E-state index is 0.0712. The van der Waals surface area contributed by atoms with Crippen LogP contribution in [0.25, 0.3) is 0 Å². The molecule has 1 saturated carbocycles. The van der Waals surface area contributed by atoms with Gasteiger partial charge in [-0.25, -0.2) is 13.4 Å². The second kappa shape index (κ2) is 10.8. The maximum Gasteiger partial charge on any atom is 0.322 e. The number of nitrogens with zero attached hydrogens (tertiary/aromatic N) is 1. The summed E-state index contributed by atoms with van der Waals surface area (Å²) in [6.07, 6.45) is 6.39. The molecular formula is C21H27N3O6S2. The van der Waals surface area contributed by atoms with E-state index in [0.29, 0.717) is 5.69 Å². The summed E-state index contributed by atoms with van der Waals surface area (Å²) in [5.74, 6) is -2.37. The summed E-state index contributed by atoms with van der Waals surface area (Å²) < 4.78 is 37.3. The number of thiazole rings is 1. The minimum Gasteiger partial charge on any atom is -0.468 e. The van der Waals surface area contributed by atoms with Crippen molar-refractivity contribution in [1.29, 1.82) is 0 Å². The lowest BCUT2D eigenvalue weighted by atomic mass is 9.78. The molecule has 2 aromatic rings. The van der Waals surface area contributed by atoms with Gasteiger partial charge in [0.2, 0.25) is 0 Å². The first-order valence-electron chi connectivity index (χ1n) is 10.3. The van der Waals surface area contributed by atoms with Crippen LogP contribution in [0.5, 0.6) is 0 Å². The number of carbonyl (C=O) groups is 2. The van der Waals surface area contributed by atoms with Crippen LogP contribution >= 0.6 is 11.3 Å². The molecule has 1 heterocycles. The first-order valence-corrected chi connectivity index (χ1v) is 12.7. The molecule has 0 amide bonds. The summed E-state index contributed by atoms with van der Waals surface area (Å²) in [5.41, 5.74) is 0.589. The van der Waals surface area contributed by atoms with Crippen molar-refractivity contribution in [3.63, 3.8) is 0 Å². The lowest BCUT2D eigenvalue weighted by molar-refractivity contribution is -0.160. The Morgan fingerprint density at radius 3 is 2.22 bits per heavy atom. The van der Waals surface area contributed by atoms with E-state index < -0.39 is 33.9 Å². The van der Waals surface area contributed by atoms with Crippen LogP contribution in [0.2, 0.25) is 0 Å². The number of aromatic nitrogens is 1. The third-order valence-electron chi connectivity index (χ3n) is 5.58. The molecule has 1 aromatic carbocycles. The molecule has 1 aromatic heterocycles. The van der Waals surface area contributed by atoms with E-state index in [1.807, 2.05) is 0 Å². The van der Waals surface area contributed by atoms with Gasteiger partial charge in [-0.3, -0.25) is 14.3 Å². The molecule has 9 nitrogen and oxygen atoms in total. The number of hydrogen-bond acceptors (Lipinski definition) is 9. The van der Waals surface area contributed by atoms with Crippen molar-refractivity contribution in [2.24, 2.45) is 11.8 Å². The number of methoxy groups -OCH3 is 2. The van der Waals surface area contributed by atoms with Crippen LogP contribution in [-0.4, -0.2) is 45.6 Å². The van der Waals surface area contributed by atoms with Crippen LogP contribution in [0.3, 0.4) is 0 Å².